The van der Waals surface area contributed by atoms with E-state index in [0.717, 1.165) is 5.41 Å². The van der Waals surface area contributed by atoms with Crippen LogP contribution >= 0.6 is 0 Å². The number of rotatable bonds is 0. The molecule has 2 aliphatic carbocycles. The molecule has 0 radical (unpaired) electrons. The Hall–Kier alpha value is -0.260. The minimum atomic E-state index is 0.718. The molecule has 0 heteroatoms. The van der Waals surface area contributed by atoms with Crippen molar-refractivity contribution in [2.45, 2.75) is 32.6 Å². The van der Waals surface area contributed by atoms with E-state index >= 15 is 0 Å². The van der Waals surface area contributed by atoms with E-state index in [1.165, 1.54) is 25.7 Å². The molecule has 0 spiro atoms. The van der Waals surface area contributed by atoms with E-state index in [-0.39, 0.29) is 0 Å². The van der Waals surface area contributed by atoms with Crippen LogP contribution in [0.5, 0.6) is 0 Å². The zero-order chi connectivity index (χ0) is 5.61. The fraction of sp³-hybridized carbons (Fsp3) is 0.750. The second kappa shape index (κ2) is 1.18. The van der Waals surface area contributed by atoms with Gasteiger partial charge in [0.25, 0.3) is 0 Å². The maximum atomic E-state index is 2.43. The normalized spacial score (nSPS) is 42.9. The summed E-state index contributed by atoms with van der Waals surface area (Å²) in [5, 5.41) is 0. The molecule has 1 saturated carbocycles. The lowest BCUT2D eigenvalue weighted by atomic mass is 9.88. The quantitative estimate of drug-likeness (QED) is 0.418. The van der Waals surface area contributed by atoms with Crippen molar-refractivity contribution in [2.24, 2.45) is 5.41 Å². The van der Waals surface area contributed by atoms with Gasteiger partial charge in [-0.25, -0.2) is 0 Å². The molecule has 2 bridgehead atoms. The average Bonchev–Trinajstić information content (AvgIpc) is 2.21. The summed E-state index contributed by atoms with van der Waals surface area (Å²) in [6.45, 7) is 2.41. The summed E-state index contributed by atoms with van der Waals surface area (Å²) >= 11 is 0. The molecule has 8 heavy (non-hydrogen) atoms. The lowest BCUT2D eigenvalue weighted by Gasteiger charge is -2.17. The summed E-state index contributed by atoms with van der Waals surface area (Å²) in [6.07, 6.45) is 8.06. The zero-order valence-electron chi connectivity index (χ0n) is 5.41. The van der Waals surface area contributed by atoms with Gasteiger partial charge in [0.2, 0.25) is 0 Å². The third kappa shape index (κ3) is 0.460. The predicted octanol–water partition coefficient (Wildman–Crippen LogP) is 2.51. The largest absolute Gasteiger partial charge is 0.0848 e. The molecule has 0 amide bonds. The van der Waals surface area contributed by atoms with Crippen LogP contribution in [0.3, 0.4) is 0 Å². The van der Waals surface area contributed by atoms with E-state index in [9.17, 15) is 0 Å². The van der Waals surface area contributed by atoms with Crippen molar-refractivity contribution >= 4 is 0 Å². The van der Waals surface area contributed by atoms with Gasteiger partial charge in [-0.2, -0.15) is 0 Å². The van der Waals surface area contributed by atoms with Gasteiger partial charge in [0.05, 0.1) is 0 Å². The Bertz CT molecular complexity index is 144. The summed E-state index contributed by atoms with van der Waals surface area (Å²) in [4.78, 5) is 0. The first-order valence-corrected chi connectivity index (χ1v) is 3.46. The highest BCUT2D eigenvalue weighted by Gasteiger charge is 2.34. The first-order chi connectivity index (χ1) is 3.79. The van der Waals surface area contributed by atoms with Crippen molar-refractivity contribution in [3.05, 3.63) is 11.6 Å². The Kier molecular flexibility index (Phi) is 0.677. The number of fused-ring (bicyclic) bond motifs is 2. The van der Waals surface area contributed by atoms with E-state index in [1.54, 1.807) is 5.57 Å². The highest BCUT2D eigenvalue weighted by molar-refractivity contribution is 5.19. The summed E-state index contributed by atoms with van der Waals surface area (Å²) in [6, 6.07) is 0. The summed E-state index contributed by atoms with van der Waals surface area (Å²) < 4.78 is 0. The molecule has 2 rings (SSSR count). The van der Waals surface area contributed by atoms with E-state index < -0.39 is 0 Å². The van der Waals surface area contributed by atoms with E-state index in [4.69, 9.17) is 0 Å². The van der Waals surface area contributed by atoms with Crippen LogP contribution in [0, 0.1) is 5.41 Å². The van der Waals surface area contributed by atoms with Crippen LogP contribution in [0.2, 0.25) is 0 Å². The lowest BCUT2D eigenvalue weighted by Crippen LogP contribution is -2.05. The number of hydrogen-bond donors (Lipinski definition) is 0. The Labute approximate surface area is 50.6 Å². The minimum Gasteiger partial charge on any atom is -0.0848 e. The second-order valence-corrected chi connectivity index (χ2v) is 3.55. The topological polar surface area (TPSA) is 0 Å². The first kappa shape index (κ1) is 4.60. The van der Waals surface area contributed by atoms with Gasteiger partial charge < -0.3 is 0 Å². The zero-order valence-corrected chi connectivity index (χ0v) is 5.41. The van der Waals surface area contributed by atoms with E-state index in [0.29, 0.717) is 0 Å². The Morgan fingerprint density at radius 1 is 1.62 bits per heavy atom. The molecule has 0 heterocycles. The van der Waals surface area contributed by atoms with Crippen molar-refractivity contribution < 1.29 is 0 Å². The fourth-order valence-corrected chi connectivity index (χ4v) is 1.93. The highest BCUT2D eigenvalue weighted by atomic mass is 14.4. The maximum Gasteiger partial charge on any atom is -0.0251 e. The van der Waals surface area contributed by atoms with Crippen molar-refractivity contribution in [1.82, 2.24) is 0 Å². The van der Waals surface area contributed by atoms with Gasteiger partial charge in [0.1, 0.15) is 0 Å². The van der Waals surface area contributed by atoms with Crippen LogP contribution in [-0.4, -0.2) is 0 Å². The molecule has 0 aromatic carbocycles. The highest BCUT2D eigenvalue weighted by Crippen LogP contribution is 2.49. The second-order valence-electron chi connectivity index (χ2n) is 3.55. The molecule has 0 saturated heterocycles. The van der Waals surface area contributed by atoms with E-state index in [1.807, 2.05) is 0 Å². The van der Waals surface area contributed by atoms with Gasteiger partial charge in [-0.1, -0.05) is 18.6 Å². The van der Waals surface area contributed by atoms with Gasteiger partial charge in [0, 0.05) is 0 Å². The van der Waals surface area contributed by atoms with Crippen LogP contribution in [-0.2, 0) is 0 Å². The SMILES string of the molecule is CC12CC=C(CC1)C2. The number of allylic oxidation sites excluding steroid dienone is 2. The molecule has 0 nitrogen and oxygen atoms in total. The molecule has 1 fully saturated rings. The molecule has 0 aromatic rings. The van der Waals surface area contributed by atoms with Gasteiger partial charge >= 0.3 is 0 Å². The van der Waals surface area contributed by atoms with Gasteiger partial charge in [0.15, 0.2) is 0 Å². The van der Waals surface area contributed by atoms with Crippen LogP contribution in [0.15, 0.2) is 11.6 Å². The lowest BCUT2D eigenvalue weighted by molar-refractivity contribution is 0.358. The third-order valence-electron chi connectivity index (χ3n) is 2.59. The summed E-state index contributed by atoms with van der Waals surface area (Å²) in [5.74, 6) is 0. The molecule has 2 aliphatic rings. The first-order valence-electron chi connectivity index (χ1n) is 3.46. The van der Waals surface area contributed by atoms with Crippen molar-refractivity contribution in [1.29, 1.82) is 0 Å². The smallest absolute Gasteiger partial charge is 0.0251 e. The van der Waals surface area contributed by atoms with Crippen molar-refractivity contribution in [3.8, 4) is 0 Å². The molecule has 0 aliphatic heterocycles. The van der Waals surface area contributed by atoms with Gasteiger partial charge in [-0.15, -0.1) is 0 Å². The van der Waals surface area contributed by atoms with Crippen LogP contribution in [0.1, 0.15) is 32.6 Å². The molecule has 0 aromatic heterocycles. The summed E-state index contributed by atoms with van der Waals surface area (Å²) in [7, 11) is 0. The number of hydrogen-bond acceptors (Lipinski definition) is 0. The summed E-state index contributed by atoms with van der Waals surface area (Å²) in [5.41, 5.74) is 2.45. The van der Waals surface area contributed by atoms with Crippen LogP contribution in [0.4, 0.5) is 0 Å². The van der Waals surface area contributed by atoms with Gasteiger partial charge in [-0.05, 0) is 31.1 Å². The predicted molar refractivity (Wildman–Crippen MR) is 34.7 cm³/mol. The van der Waals surface area contributed by atoms with Crippen LogP contribution < -0.4 is 0 Å². The maximum absolute atomic E-state index is 2.43. The molecular formula is C8H12. The molecule has 0 N–H and O–H groups in total. The molecule has 44 valence electrons. The minimum absolute atomic E-state index is 0.718. The van der Waals surface area contributed by atoms with Crippen molar-refractivity contribution in [3.63, 3.8) is 0 Å². The van der Waals surface area contributed by atoms with E-state index in [2.05, 4.69) is 13.0 Å². The third-order valence-corrected chi connectivity index (χ3v) is 2.59. The standard InChI is InChI=1S/C8H12/c1-8-4-2-7(6-8)3-5-8/h2H,3-6H2,1H3. The Balaban J connectivity index is 2.32. The van der Waals surface area contributed by atoms with Crippen LogP contribution in [0.25, 0.3) is 0 Å². The molecular weight excluding hydrogens is 96.1 g/mol. The Morgan fingerprint density at radius 3 is 2.62 bits per heavy atom. The Morgan fingerprint density at radius 2 is 2.50 bits per heavy atom. The van der Waals surface area contributed by atoms with Crippen molar-refractivity contribution in [2.75, 3.05) is 0 Å². The molecule has 1 unspecified atom stereocenters. The average molecular weight is 108 g/mol. The monoisotopic (exact) mass is 108 g/mol. The fourth-order valence-electron chi connectivity index (χ4n) is 1.93. The molecule has 1 atom stereocenters. The van der Waals surface area contributed by atoms with Gasteiger partial charge in [-0.3, -0.25) is 0 Å².